The molecule has 0 radical (unpaired) electrons. The van der Waals surface area contributed by atoms with E-state index in [-0.39, 0.29) is 24.6 Å². The second-order valence-corrected chi connectivity index (χ2v) is 8.13. The summed E-state index contributed by atoms with van der Waals surface area (Å²) in [5.74, 6) is -0.268. The number of aromatic nitrogens is 2. The van der Waals surface area contributed by atoms with E-state index >= 15 is 0 Å². The molecule has 7 heteroatoms. The third kappa shape index (κ3) is 4.29. The number of thiocarbonyl (C=S) groups is 1. The second-order valence-electron chi connectivity index (χ2n) is 7.74. The summed E-state index contributed by atoms with van der Waals surface area (Å²) < 4.78 is 7.53. The molecule has 0 amide bonds. The van der Waals surface area contributed by atoms with Crippen LogP contribution in [0.2, 0.25) is 0 Å². The van der Waals surface area contributed by atoms with Crippen LogP contribution in [-0.2, 0) is 9.53 Å². The van der Waals surface area contributed by atoms with Crippen LogP contribution in [0.3, 0.4) is 0 Å². The molecule has 2 aromatic rings. The van der Waals surface area contributed by atoms with Crippen LogP contribution in [0.25, 0.3) is 0 Å². The Hall–Kier alpha value is -2.41. The SMILES string of the molecule is CCOC(=O)CN1C(=S)N[C@@H](c2ccccn2)[C@H]1c1ccn(C2CCCCC2)c1. The molecule has 0 bridgehead atoms. The van der Waals surface area contributed by atoms with Gasteiger partial charge in [0, 0.05) is 24.6 Å². The predicted octanol–water partition coefficient (Wildman–Crippen LogP) is 3.92. The summed E-state index contributed by atoms with van der Waals surface area (Å²) in [5, 5.41) is 3.94. The molecule has 2 aromatic heterocycles. The Balaban J connectivity index is 1.64. The molecule has 3 heterocycles. The Morgan fingerprint density at radius 2 is 2.10 bits per heavy atom. The molecule has 1 saturated heterocycles. The quantitative estimate of drug-likeness (QED) is 0.573. The number of nitrogens with one attached hydrogen (secondary N) is 1. The van der Waals surface area contributed by atoms with Gasteiger partial charge >= 0.3 is 5.97 Å². The average Bonchev–Trinajstić information content (AvgIpc) is 3.35. The van der Waals surface area contributed by atoms with Gasteiger partial charge in [0.15, 0.2) is 5.11 Å². The third-order valence-corrected chi connectivity index (χ3v) is 6.23. The van der Waals surface area contributed by atoms with Gasteiger partial charge in [-0.05, 0) is 55.7 Å². The number of nitrogens with zero attached hydrogens (tertiary/aromatic N) is 3. The Kier molecular flexibility index (Phi) is 6.13. The van der Waals surface area contributed by atoms with Crippen molar-refractivity contribution in [3.8, 4) is 0 Å². The van der Waals surface area contributed by atoms with Crippen molar-refractivity contribution in [2.75, 3.05) is 13.2 Å². The number of rotatable bonds is 6. The van der Waals surface area contributed by atoms with Crippen LogP contribution in [0.5, 0.6) is 0 Å². The lowest BCUT2D eigenvalue weighted by Gasteiger charge is -2.27. The van der Waals surface area contributed by atoms with Crippen molar-refractivity contribution in [1.82, 2.24) is 19.8 Å². The molecule has 2 atom stereocenters. The first-order valence-corrected chi connectivity index (χ1v) is 10.9. The average molecular weight is 413 g/mol. The second kappa shape index (κ2) is 8.95. The molecular formula is C22H28N4O2S. The van der Waals surface area contributed by atoms with E-state index in [0.29, 0.717) is 17.8 Å². The van der Waals surface area contributed by atoms with Crippen LogP contribution in [0.15, 0.2) is 42.9 Å². The molecule has 1 aliphatic heterocycles. The number of ether oxygens (including phenoxy) is 1. The largest absolute Gasteiger partial charge is 0.465 e. The molecule has 2 fully saturated rings. The summed E-state index contributed by atoms with van der Waals surface area (Å²) in [5.41, 5.74) is 2.06. The van der Waals surface area contributed by atoms with Crippen molar-refractivity contribution in [3.05, 3.63) is 54.1 Å². The molecule has 0 aromatic carbocycles. The van der Waals surface area contributed by atoms with Crippen molar-refractivity contribution in [2.24, 2.45) is 0 Å². The van der Waals surface area contributed by atoms with Gasteiger partial charge in [0.05, 0.1) is 24.4 Å². The highest BCUT2D eigenvalue weighted by atomic mass is 32.1. The van der Waals surface area contributed by atoms with E-state index in [1.54, 1.807) is 6.20 Å². The van der Waals surface area contributed by atoms with E-state index in [9.17, 15) is 4.79 Å². The summed E-state index contributed by atoms with van der Waals surface area (Å²) in [6.45, 7) is 2.30. The first kappa shape index (κ1) is 19.9. The number of hydrogen-bond acceptors (Lipinski definition) is 4. The van der Waals surface area contributed by atoms with Crippen molar-refractivity contribution in [2.45, 2.75) is 57.2 Å². The molecule has 1 N–H and O–H groups in total. The lowest BCUT2D eigenvalue weighted by Crippen LogP contribution is -2.35. The fourth-order valence-electron chi connectivity index (χ4n) is 4.50. The minimum absolute atomic E-state index is 0.105. The van der Waals surface area contributed by atoms with E-state index in [1.165, 1.54) is 32.1 Å². The monoisotopic (exact) mass is 412 g/mol. The van der Waals surface area contributed by atoms with Crippen LogP contribution in [-0.4, -0.2) is 38.7 Å². The maximum absolute atomic E-state index is 12.2. The molecule has 1 saturated carbocycles. The summed E-state index contributed by atoms with van der Waals surface area (Å²) >= 11 is 5.60. The molecule has 0 spiro atoms. The minimum atomic E-state index is -0.268. The zero-order chi connectivity index (χ0) is 20.2. The van der Waals surface area contributed by atoms with Crippen LogP contribution < -0.4 is 5.32 Å². The van der Waals surface area contributed by atoms with Gasteiger partial charge in [-0.1, -0.05) is 25.3 Å². The maximum Gasteiger partial charge on any atom is 0.325 e. The summed E-state index contributed by atoms with van der Waals surface area (Å²) in [6.07, 6.45) is 12.6. The van der Waals surface area contributed by atoms with Gasteiger partial charge in [-0.3, -0.25) is 9.78 Å². The number of carbonyl (C=O) groups excluding carboxylic acids is 1. The summed E-state index contributed by atoms with van der Waals surface area (Å²) in [7, 11) is 0. The molecule has 4 rings (SSSR count). The van der Waals surface area contributed by atoms with E-state index in [0.717, 1.165) is 11.3 Å². The van der Waals surface area contributed by atoms with E-state index in [2.05, 4.69) is 33.3 Å². The highest BCUT2D eigenvalue weighted by Gasteiger charge is 2.41. The molecule has 6 nitrogen and oxygen atoms in total. The van der Waals surface area contributed by atoms with Gasteiger partial charge < -0.3 is 19.5 Å². The maximum atomic E-state index is 12.2. The number of carbonyl (C=O) groups is 1. The standard InChI is InChI=1S/C22H28N4O2S/c1-2-28-19(27)15-26-21(20(24-22(26)29)18-10-6-7-12-23-18)16-11-13-25(14-16)17-8-4-3-5-9-17/h6-7,10-14,17,20-21H,2-5,8-9,15H2,1H3,(H,24,29)/t20-,21+/m0/s1. The Labute approximate surface area is 177 Å². The van der Waals surface area contributed by atoms with Crippen molar-refractivity contribution in [1.29, 1.82) is 0 Å². The van der Waals surface area contributed by atoms with Gasteiger partial charge in [0.1, 0.15) is 6.54 Å². The van der Waals surface area contributed by atoms with Crippen molar-refractivity contribution in [3.63, 3.8) is 0 Å². The van der Waals surface area contributed by atoms with Gasteiger partial charge in [0.25, 0.3) is 0 Å². The molecule has 0 unspecified atom stereocenters. The van der Waals surface area contributed by atoms with Gasteiger partial charge in [0.2, 0.25) is 0 Å². The topological polar surface area (TPSA) is 59.4 Å². The highest BCUT2D eigenvalue weighted by Crippen LogP contribution is 2.39. The normalized spacial score (nSPS) is 22.5. The van der Waals surface area contributed by atoms with E-state index in [4.69, 9.17) is 17.0 Å². The summed E-state index contributed by atoms with van der Waals surface area (Å²) in [6, 6.07) is 8.38. The highest BCUT2D eigenvalue weighted by molar-refractivity contribution is 7.80. The third-order valence-electron chi connectivity index (χ3n) is 5.88. The molecule has 2 aliphatic rings. The lowest BCUT2D eigenvalue weighted by molar-refractivity contribution is -0.143. The van der Waals surface area contributed by atoms with Crippen LogP contribution in [0, 0.1) is 0 Å². The first-order valence-electron chi connectivity index (χ1n) is 10.5. The van der Waals surface area contributed by atoms with Crippen LogP contribution >= 0.6 is 12.2 Å². The Morgan fingerprint density at radius 1 is 1.28 bits per heavy atom. The zero-order valence-electron chi connectivity index (χ0n) is 16.8. The van der Waals surface area contributed by atoms with Crippen molar-refractivity contribution >= 4 is 23.3 Å². The summed E-state index contributed by atoms with van der Waals surface area (Å²) in [4.78, 5) is 18.7. The number of hydrogen-bond donors (Lipinski definition) is 1. The zero-order valence-corrected chi connectivity index (χ0v) is 17.6. The molecule has 154 valence electrons. The van der Waals surface area contributed by atoms with Crippen LogP contribution in [0.4, 0.5) is 0 Å². The molecule has 1 aliphatic carbocycles. The first-order chi connectivity index (χ1) is 14.2. The van der Waals surface area contributed by atoms with E-state index < -0.39 is 0 Å². The smallest absolute Gasteiger partial charge is 0.325 e. The fourth-order valence-corrected chi connectivity index (χ4v) is 4.80. The Bertz CT molecular complexity index is 848. The fraction of sp³-hybridized carbons (Fsp3) is 0.500. The van der Waals surface area contributed by atoms with Gasteiger partial charge in [-0.15, -0.1) is 0 Å². The number of esters is 1. The van der Waals surface area contributed by atoms with Gasteiger partial charge in [-0.2, -0.15) is 0 Å². The van der Waals surface area contributed by atoms with Crippen LogP contribution in [0.1, 0.15) is 68.4 Å². The van der Waals surface area contributed by atoms with E-state index in [1.807, 2.05) is 30.0 Å². The molecular weight excluding hydrogens is 384 g/mol. The molecule has 29 heavy (non-hydrogen) atoms. The lowest BCUT2D eigenvalue weighted by atomic mass is 9.95. The van der Waals surface area contributed by atoms with Gasteiger partial charge in [-0.25, -0.2) is 0 Å². The number of pyridine rings is 1. The Morgan fingerprint density at radius 3 is 2.83 bits per heavy atom. The predicted molar refractivity (Wildman–Crippen MR) is 115 cm³/mol. The minimum Gasteiger partial charge on any atom is -0.465 e. The van der Waals surface area contributed by atoms with Crippen molar-refractivity contribution < 1.29 is 9.53 Å².